The molecule has 0 aliphatic heterocycles. The van der Waals surface area contributed by atoms with Crippen LogP contribution in [0.4, 0.5) is 11.4 Å². The third-order valence-corrected chi connectivity index (χ3v) is 5.88. The van der Waals surface area contributed by atoms with Crippen molar-refractivity contribution in [2.45, 2.75) is 18.7 Å². The molecule has 160 valence electrons. The predicted octanol–water partition coefficient (Wildman–Crippen LogP) is 2.45. The van der Waals surface area contributed by atoms with Gasteiger partial charge in [-0.3, -0.25) is 19.2 Å². The highest BCUT2D eigenvalue weighted by Gasteiger charge is 2.30. The molecule has 0 saturated carbocycles. The molecule has 0 atom stereocenters. The van der Waals surface area contributed by atoms with Crippen LogP contribution in [0, 0.1) is 17.0 Å². The maximum atomic E-state index is 13.3. The number of nitro groups is 1. The highest BCUT2D eigenvalue weighted by atomic mass is 32.2. The Labute approximate surface area is 173 Å². The molecule has 0 saturated heterocycles. The summed E-state index contributed by atoms with van der Waals surface area (Å²) in [4.78, 5) is 34.1. The van der Waals surface area contributed by atoms with Crippen LogP contribution in [0.25, 0.3) is 0 Å². The van der Waals surface area contributed by atoms with Gasteiger partial charge < -0.3 is 9.47 Å². The molecule has 11 heteroatoms. The Kier molecular flexibility index (Phi) is 7.11. The average molecular weight is 436 g/mol. The minimum Gasteiger partial charge on any atom is -0.468 e. The van der Waals surface area contributed by atoms with Crippen LogP contribution in [-0.4, -0.2) is 45.5 Å². The van der Waals surface area contributed by atoms with E-state index < -0.39 is 33.4 Å². The van der Waals surface area contributed by atoms with Gasteiger partial charge in [0.05, 0.1) is 34.8 Å². The quantitative estimate of drug-likeness (QED) is 0.350. The lowest BCUT2D eigenvalue weighted by molar-refractivity contribution is -0.385. The molecule has 10 nitrogen and oxygen atoms in total. The number of sulfonamides is 1. The van der Waals surface area contributed by atoms with Gasteiger partial charge in [0.15, 0.2) is 0 Å². The Morgan fingerprint density at radius 1 is 1.17 bits per heavy atom. The lowest BCUT2D eigenvalue weighted by Crippen LogP contribution is -2.36. The van der Waals surface area contributed by atoms with E-state index in [0.717, 1.165) is 17.5 Å². The molecule has 0 amide bonds. The highest BCUT2D eigenvalue weighted by molar-refractivity contribution is 7.92. The van der Waals surface area contributed by atoms with Crippen LogP contribution in [-0.2, 0) is 24.3 Å². The predicted molar refractivity (Wildman–Crippen MR) is 107 cm³/mol. The van der Waals surface area contributed by atoms with E-state index in [-0.39, 0.29) is 34.0 Å². The smallest absolute Gasteiger partial charge is 0.338 e. The SMILES string of the molecule is CCOC(=O)c1cccc(N(CC(=O)OC)S(=O)(=O)c2ccc(C)c([N+](=O)[O-])c2)c1. The lowest BCUT2D eigenvalue weighted by Gasteiger charge is -2.23. The zero-order chi connectivity index (χ0) is 22.5. The normalized spacial score (nSPS) is 10.9. The van der Waals surface area contributed by atoms with Crippen LogP contribution in [0.1, 0.15) is 22.8 Å². The molecule has 0 radical (unpaired) electrons. The van der Waals surface area contributed by atoms with Gasteiger partial charge in [0.1, 0.15) is 6.54 Å². The number of carbonyl (C=O) groups excluding carboxylic acids is 2. The summed E-state index contributed by atoms with van der Waals surface area (Å²) in [6.45, 7) is 2.52. The molecule has 2 aromatic rings. The van der Waals surface area contributed by atoms with E-state index in [1.165, 1.54) is 43.3 Å². The van der Waals surface area contributed by atoms with Crippen LogP contribution >= 0.6 is 0 Å². The topological polar surface area (TPSA) is 133 Å². The first kappa shape index (κ1) is 22.8. The molecule has 0 aliphatic rings. The van der Waals surface area contributed by atoms with Gasteiger partial charge in [0, 0.05) is 11.6 Å². The van der Waals surface area contributed by atoms with Crippen molar-refractivity contribution in [1.82, 2.24) is 0 Å². The van der Waals surface area contributed by atoms with E-state index in [0.29, 0.717) is 0 Å². The number of carbonyl (C=O) groups is 2. The summed E-state index contributed by atoms with van der Waals surface area (Å²) < 4.78 is 36.7. The van der Waals surface area contributed by atoms with E-state index in [4.69, 9.17) is 4.74 Å². The molecular weight excluding hydrogens is 416 g/mol. The second kappa shape index (κ2) is 9.35. The summed E-state index contributed by atoms with van der Waals surface area (Å²) >= 11 is 0. The van der Waals surface area contributed by atoms with Crippen molar-refractivity contribution >= 4 is 33.3 Å². The standard InChI is InChI=1S/C19H20N2O8S/c1-4-29-19(23)14-6-5-7-15(10-14)20(12-18(22)28-3)30(26,27)16-9-8-13(2)17(11-16)21(24)25/h5-11H,4,12H2,1-3H3. The highest BCUT2D eigenvalue weighted by Crippen LogP contribution is 2.28. The van der Waals surface area contributed by atoms with Gasteiger partial charge >= 0.3 is 11.9 Å². The summed E-state index contributed by atoms with van der Waals surface area (Å²) in [6.07, 6.45) is 0. The second-order valence-electron chi connectivity index (χ2n) is 6.06. The van der Waals surface area contributed by atoms with Gasteiger partial charge in [-0.15, -0.1) is 0 Å². The van der Waals surface area contributed by atoms with E-state index in [1.54, 1.807) is 6.92 Å². The third-order valence-electron chi connectivity index (χ3n) is 4.11. The minimum absolute atomic E-state index is 0.00539. The maximum absolute atomic E-state index is 13.3. The van der Waals surface area contributed by atoms with Gasteiger partial charge in [-0.25, -0.2) is 13.2 Å². The molecule has 0 bridgehead atoms. The number of aryl methyl sites for hydroxylation is 1. The fourth-order valence-electron chi connectivity index (χ4n) is 2.57. The number of hydrogen-bond donors (Lipinski definition) is 0. The molecule has 0 aliphatic carbocycles. The molecule has 30 heavy (non-hydrogen) atoms. The summed E-state index contributed by atoms with van der Waals surface area (Å²) in [6, 6.07) is 8.92. The maximum Gasteiger partial charge on any atom is 0.338 e. The largest absolute Gasteiger partial charge is 0.468 e. The summed E-state index contributed by atoms with van der Waals surface area (Å²) in [5.74, 6) is -1.53. The van der Waals surface area contributed by atoms with Crippen LogP contribution < -0.4 is 4.31 Å². The molecule has 0 unspecified atom stereocenters. The van der Waals surface area contributed by atoms with Crippen molar-refractivity contribution in [3.8, 4) is 0 Å². The first-order chi connectivity index (χ1) is 14.1. The van der Waals surface area contributed by atoms with Crippen molar-refractivity contribution < 1.29 is 32.4 Å². The Balaban J connectivity index is 2.61. The van der Waals surface area contributed by atoms with Crippen LogP contribution in [0.3, 0.4) is 0 Å². The number of anilines is 1. The lowest BCUT2D eigenvalue weighted by atomic mass is 10.2. The van der Waals surface area contributed by atoms with E-state index >= 15 is 0 Å². The second-order valence-corrected chi connectivity index (χ2v) is 7.93. The van der Waals surface area contributed by atoms with Crippen LogP contribution in [0.15, 0.2) is 47.4 Å². The number of rotatable bonds is 8. The number of nitro benzene ring substituents is 1. The van der Waals surface area contributed by atoms with Crippen molar-refractivity contribution in [3.05, 3.63) is 63.7 Å². The Hall–Kier alpha value is -3.47. The van der Waals surface area contributed by atoms with Gasteiger partial charge in [-0.2, -0.15) is 0 Å². The Morgan fingerprint density at radius 3 is 2.47 bits per heavy atom. The fourth-order valence-corrected chi connectivity index (χ4v) is 3.99. The fraction of sp³-hybridized carbons (Fsp3) is 0.263. The van der Waals surface area contributed by atoms with Crippen molar-refractivity contribution in [2.75, 3.05) is 24.6 Å². The number of esters is 2. The minimum atomic E-state index is -4.41. The molecule has 2 aromatic carbocycles. The first-order valence-corrected chi connectivity index (χ1v) is 10.2. The molecule has 0 aromatic heterocycles. The summed E-state index contributed by atoms with van der Waals surface area (Å²) in [5, 5.41) is 11.2. The average Bonchev–Trinajstić information content (AvgIpc) is 2.71. The van der Waals surface area contributed by atoms with E-state index in [9.17, 15) is 28.1 Å². The van der Waals surface area contributed by atoms with Gasteiger partial charge in [0.2, 0.25) is 0 Å². The van der Waals surface area contributed by atoms with Crippen LogP contribution in [0.2, 0.25) is 0 Å². The summed E-state index contributed by atoms with van der Waals surface area (Å²) in [7, 11) is -3.31. The van der Waals surface area contributed by atoms with E-state index in [2.05, 4.69) is 4.74 Å². The third kappa shape index (κ3) is 4.92. The zero-order valence-corrected chi connectivity index (χ0v) is 17.3. The molecule has 0 heterocycles. The Bertz CT molecular complexity index is 1080. The first-order valence-electron chi connectivity index (χ1n) is 8.73. The molecular formula is C19H20N2O8S. The number of hydrogen-bond acceptors (Lipinski definition) is 8. The molecule has 0 N–H and O–H groups in total. The molecule has 2 rings (SSSR count). The van der Waals surface area contributed by atoms with Gasteiger partial charge in [-0.05, 0) is 38.1 Å². The molecule has 0 fully saturated rings. The van der Waals surface area contributed by atoms with Crippen molar-refractivity contribution in [2.24, 2.45) is 0 Å². The number of ether oxygens (including phenoxy) is 2. The van der Waals surface area contributed by atoms with Crippen molar-refractivity contribution in [3.63, 3.8) is 0 Å². The van der Waals surface area contributed by atoms with Crippen LogP contribution in [0.5, 0.6) is 0 Å². The molecule has 0 spiro atoms. The van der Waals surface area contributed by atoms with Gasteiger partial charge in [-0.1, -0.05) is 12.1 Å². The zero-order valence-electron chi connectivity index (χ0n) is 16.5. The summed E-state index contributed by atoms with van der Waals surface area (Å²) in [5.41, 5.74) is -0.0272. The number of benzene rings is 2. The van der Waals surface area contributed by atoms with Crippen molar-refractivity contribution in [1.29, 1.82) is 0 Å². The van der Waals surface area contributed by atoms with E-state index in [1.807, 2.05) is 0 Å². The Morgan fingerprint density at radius 2 is 1.87 bits per heavy atom. The monoisotopic (exact) mass is 436 g/mol. The number of nitrogens with zero attached hydrogens (tertiary/aromatic N) is 2. The van der Waals surface area contributed by atoms with Gasteiger partial charge in [0.25, 0.3) is 15.7 Å². The number of methoxy groups -OCH3 is 1.